The summed E-state index contributed by atoms with van der Waals surface area (Å²) in [5, 5.41) is 6.07. The van der Waals surface area contributed by atoms with Crippen molar-refractivity contribution in [1.82, 2.24) is 15.1 Å². The van der Waals surface area contributed by atoms with E-state index in [1.807, 2.05) is 36.4 Å². The molecule has 2 aromatic rings. The lowest BCUT2D eigenvalue weighted by Crippen LogP contribution is -2.46. The lowest BCUT2D eigenvalue weighted by molar-refractivity contribution is -0.126. The molecular formula is C26H34N4O2. The predicted octanol–water partition coefficient (Wildman–Crippen LogP) is 4.23. The van der Waals surface area contributed by atoms with E-state index in [0.29, 0.717) is 19.6 Å². The fraction of sp³-hybridized carbons (Fsp3) is 0.462. The number of piperidine rings is 2. The predicted molar refractivity (Wildman–Crippen MR) is 127 cm³/mol. The fourth-order valence-electron chi connectivity index (χ4n) is 4.67. The van der Waals surface area contributed by atoms with E-state index in [2.05, 4.69) is 33.7 Å². The zero-order chi connectivity index (χ0) is 22.2. The van der Waals surface area contributed by atoms with Gasteiger partial charge in [0.2, 0.25) is 5.91 Å². The highest BCUT2D eigenvalue weighted by atomic mass is 16.2. The monoisotopic (exact) mass is 434 g/mol. The second-order valence-corrected chi connectivity index (χ2v) is 8.90. The van der Waals surface area contributed by atoms with Crippen LogP contribution in [0.15, 0.2) is 54.6 Å². The number of anilines is 1. The van der Waals surface area contributed by atoms with Crippen LogP contribution in [-0.2, 0) is 17.9 Å². The third-order valence-corrected chi connectivity index (χ3v) is 6.52. The minimum atomic E-state index is -0.167. The summed E-state index contributed by atoms with van der Waals surface area (Å²) in [5.74, 6) is -0.130. The number of carbonyl (C=O) groups is 2. The van der Waals surface area contributed by atoms with Crippen molar-refractivity contribution in [2.24, 2.45) is 5.92 Å². The summed E-state index contributed by atoms with van der Waals surface area (Å²) < 4.78 is 0. The van der Waals surface area contributed by atoms with Crippen molar-refractivity contribution < 1.29 is 9.59 Å². The number of carbonyl (C=O) groups excluding carboxylic acids is 2. The Kier molecular flexibility index (Phi) is 7.77. The van der Waals surface area contributed by atoms with Crippen molar-refractivity contribution in [1.29, 1.82) is 0 Å². The number of nitrogens with one attached hydrogen (secondary N) is 2. The number of para-hydroxylation sites is 1. The van der Waals surface area contributed by atoms with Crippen molar-refractivity contribution in [2.75, 3.05) is 31.5 Å². The number of benzene rings is 2. The van der Waals surface area contributed by atoms with Crippen LogP contribution in [0.4, 0.5) is 10.5 Å². The van der Waals surface area contributed by atoms with Crippen molar-refractivity contribution in [3.8, 4) is 0 Å². The molecule has 2 aliphatic heterocycles. The number of urea groups is 1. The molecule has 4 rings (SSSR count). The Hall–Kier alpha value is -2.86. The van der Waals surface area contributed by atoms with E-state index in [9.17, 15) is 9.59 Å². The molecule has 0 spiro atoms. The second-order valence-electron chi connectivity index (χ2n) is 8.90. The number of nitrogens with zero attached hydrogens (tertiary/aromatic N) is 2. The number of amides is 3. The minimum absolute atomic E-state index is 0.0370. The number of hydrogen-bond donors (Lipinski definition) is 2. The maximum absolute atomic E-state index is 12.9. The molecule has 0 aromatic heterocycles. The first kappa shape index (κ1) is 22.3. The molecule has 32 heavy (non-hydrogen) atoms. The van der Waals surface area contributed by atoms with E-state index < -0.39 is 0 Å². The van der Waals surface area contributed by atoms with Crippen molar-refractivity contribution in [2.45, 2.75) is 45.2 Å². The summed E-state index contributed by atoms with van der Waals surface area (Å²) in [6, 6.07) is 17.7. The second kappa shape index (κ2) is 11.1. The quantitative estimate of drug-likeness (QED) is 0.715. The SMILES string of the molecule is O=C(NCc1ccccc1CN1CCCCC1)C1CCCN(C(=O)Nc2ccccc2)C1. The highest BCUT2D eigenvalue weighted by molar-refractivity contribution is 5.90. The lowest BCUT2D eigenvalue weighted by atomic mass is 9.97. The van der Waals surface area contributed by atoms with Gasteiger partial charge in [0, 0.05) is 31.9 Å². The van der Waals surface area contributed by atoms with E-state index in [4.69, 9.17) is 0 Å². The average Bonchev–Trinajstić information content (AvgIpc) is 2.84. The highest BCUT2D eigenvalue weighted by Crippen LogP contribution is 2.20. The molecule has 2 heterocycles. The summed E-state index contributed by atoms with van der Waals surface area (Å²) >= 11 is 0. The Morgan fingerprint density at radius 2 is 1.56 bits per heavy atom. The molecule has 1 atom stereocenters. The summed E-state index contributed by atoms with van der Waals surface area (Å²) in [4.78, 5) is 29.8. The molecule has 2 saturated heterocycles. The summed E-state index contributed by atoms with van der Waals surface area (Å²) in [5.41, 5.74) is 3.25. The van der Waals surface area contributed by atoms with Gasteiger partial charge in [0.25, 0.3) is 0 Å². The van der Waals surface area contributed by atoms with Crippen molar-refractivity contribution in [3.05, 3.63) is 65.7 Å². The molecule has 3 amide bonds. The molecular weight excluding hydrogens is 400 g/mol. The Morgan fingerprint density at radius 1 is 0.844 bits per heavy atom. The molecule has 2 aliphatic rings. The molecule has 170 valence electrons. The topological polar surface area (TPSA) is 64.7 Å². The van der Waals surface area contributed by atoms with E-state index in [1.54, 1.807) is 4.90 Å². The van der Waals surface area contributed by atoms with Crippen LogP contribution in [0.3, 0.4) is 0 Å². The minimum Gasteiger partial charge on any atom is -0.352 e. The molecule has 2 N–H and O–H groups in total. The van der Waals surface area contributed by atoms with Gasteiger partial charge in [-0.05, 0) is 62.0 Å². The number of hydrogen-bond acceptors (Lipinski definition) is 3. The van der Waals surface area contributed by atoms with Gasteiger partial charge in [0.05, 0.1) is 5.92 Å². The smallest absolute Gasteiger partial charge is 0.321 e. The third kappa shape index (κ3) is 6.10. The van der Waals surface area contributed by atoms with Crippen LogP contribution in [0.25, 0.3) is 0 Å². The highest BCUT2D eigenvalue weighted by Gasteiger charge is 2.28. The summed E-state index contributed by atoms with van der Waals surface area (Å²) in [6.07, 6.45) is 5.53. The molecule has 0 saturated carbocycles. The van der Waals surface area contributed by atoms with Crippen LogP contribution < -0.4 is 10.6 Å². The van der Waals surface area contributed by atoms with Gasteiger partial charge in [-0.3, -0.25) is 9.69 Å². The largest absolute Gasteiger partial charge is 0.352 e. The van der Waals surface area contributed by atoms with Gasteiger partial charge >= 0.3 is 6.03 Å². The fourth-order valence-corrected chi connectivity index (χ4v) is 4.67. The molecule has 6 nitrogen and oxygen atoms in total. The standard InChI is InChI=1S/C26H34N4O2/c31-25(23-12-9-17-30(20-23)26(32)28-24-13-3-1-4-14-24)27-18-21-10-5-6-11-22(21)19-29-15-7-2-8-16-29/h1,3-6,10-11,13-14,23H,2,7-9,12,15-20H2,(H,27,31)(H,28,32). The maximum atomic E-state index is 12.9. The van der Waals surface area contributed by atoms with Gasteiger partial charge in [-0.25, -0.2) is 4.79 Å². The molecule has 1 unspecified atom stereocenters. The first-order chi connectivity index (χ1) is 15.7. The van der Waals surface area contributed by atoms with Gasteiger partial charge in [0.1, 0.15) is 0 Å². The molecule has 0 bridgehead atoms. The number of rotatable bonds is 6. The van der Waals surface area contributed by atoms with Crippen LogP contribution in [0.5, 0.6) is 0 Å². The molecule has 2 fully saturated rings. The van der Waals surface area contributed by atoms with Gasteiger partial charge in [-0.2, -0.15) is 0 Å². The zero-order valence-corrected chi connectivity index (χ0v) is 18.8. The first-order valence-corrected chi connectivity index (χ1v) is 11.9. The van der Waals surface area contributed by atoms with Gasteiger partial charge in [-0.15, -0.1) is 0 Å². The van der Waals surface area contributed by atoms with Crippen LogP contribution in [0.2, 0.25) is 0 Å². The third-order valence-electron chi connectivity index (χ3n) is 6.52. The maximum Gasteiger partial charge on any atom is 0.321 e. The van der Waals surface area contributed by atoms with Crippen LogP contribution in [0, 0.1) is 5.92 Å². The van der Waals surface area contributed by atoms with Crippen LogP contribution in [0.1, 0.15) is 43.2 Å². The molecule has 6 heteroatoms. The van der Waals surface area contributed by atoms with Gasteiger partial charge < -0.3 is 15.5 Å². The van der Waals surface area contributed by atoms with Crippen molar-refractivity contribution in [3.63, 3.8) is 0 Å². The summed E-state index contributed by atoms with van der Waals surface area (Å²) in [6.45, 7) is 4.94. The Balaban J connectivity index is 1.30. The number of likely N-dealkylation sites (tertiary alicyclic amines) is 2. The van der Waals surface area contributed by atoms with E-state index in [-0.39, 0.29) is 17.9 Å². The van der Waals surface area contributed by atoms with Crippen LogP contribution >= 0.6 is 0 Å². The van der Waals surface area contributed by atoms with E-state index in [1.165, 1.54) is 30.4 Å². The molecule has 0 aliphatic carbocycles. The summed E-state index contributed by atoms with van der Waals surface area (Å²) in [7, 11) is 0. The van der Waals surface area contributed by atoms with E-state index >= 15 is 0 Å². The Morgan fingerprint density at radius 3 is 2.34 bits per heavy atom. The normalized spacial score (nSPS) is 19.4. The average molecular weight is 435 g/mol. The van der Waals surface area contributed by atoms with Crippen molar-refractivity contribution >= 4 is 17.6 Å². The van der Waals surface area contributed by atoms with Crippen LogP contribution in [-0.4, -0.2) is 47.9 Å². The first-order valence-electron chi connectivity index (χ1n) is 11.9. The molecule has 0 radical (unpaired) electrons. The lowest BCUT2D eigenvalue weighted by Gasteiger charge is -2.32. The molecule has 2 aromatic carbocycles. The van der Waals surface area contributed by atoms with Gasteiger partial charge in [0.15, 0.2) is 0 Å². The Bertz CT molecular complexity index is 896. The van der Waals surface area contributed by atoms with E-state index in [0.717, 1.165) is 38.2 Å². The zero-order valence-electron chi connectivity index (χ0n) is 18.8. The Labute approximate surface area is 191 Å². The van der Waals surface area contributed by atoms with Gasteiger partial charge in [-0.1, -0.05) is 48.9 Å².